The Bertz CT molecular complexity index is 1260. The Morgan fingerprint density at radius 2 is 1.73 bits per heavy atom. The lowest BCUT2D eigenvalue weighted by Crippen LogP contribution is -2.56. The van der Waals surface area contributed by atoms with Crippen LogP contribution in [-0.4, -0.2) is 57.2 Å². The summed E-state index contributed by atoms with van der Waals surface area (Å²) in [5.41, 5.74) is 7.70. The van der Waals surface area contributed by atoms with E-state index in [1.807, 2.05) is 75.4 Å². The Kier molecular flexibility index (Phi) is 8.21. The minimum absolute atomic E-state index is 0.0929. The van der Waals surface area contributed by atoms with Crippen LogP contribution in [0.4, 0.5) is 0 Å². The highest BCUT2D eigenvalue weighted by Gasteiger charge is 2.42. The van der Waals surface area contributed by atoms with Crippen molar-refractivity contribution >= 4 is 28.5 Å². The molecular weight excluding hydrogens is 464 g/mol. The van der Waals surface area contributed by atoms with Crippen molar-refractivity contribution in [1.29, 1.82) is 0 Å². The van der Waals surface area contributed by atoms with Gasteiger partial charge in [0.15, 0.2) is 0 Å². The summed E-state index contributed by atoms with van der Waals surface area (Å²) in [7, 11) is 0. The lowest BCUT2D eigenvalue weighted by Gasteiger charge is -2.36. The van der Waals surface area contributed by atoms with Crippen molar-refractivity contribution < 1.29 is 14.4 Å². The van der Waals surface area contributed by atoms with Crippen molar-refractivity contribution in [1.82, 2.24) is 14.8 Å². The topological polar surface area (TPSA) is 96.6 Å². The SMILES string of the molecule is CC(C)C[C@H]1C(=O)N([C@@H](Cc2ccc3ccccc3c2)C(N)=O)CC[C@@H](C)N1C(=O)Cc1ccncc1. The van der Waals surface area contributed by atoms with E-state index in [-0.39, 0.29) is 30.2 Å². The van der Waals surface area contributed by atoms with Crippen LogP contribution in [0.15, 0.2) is 67.0 Å². The zero-order chi connectivity index (χ0) is 26.5. The number of fused-ring (bicyclic) bond motifs is 1. The molecule has 0 bridgehead atoms. The van der Waals surface area contributed by atoms with E-state index in [1.54, 1.807) is 22.2 Å². The Labute approximate surface area is 218 Å². The lowest BCUT2D eigenvalue weighted by atomic mass is 9.97. The molecule has 1 fully saturated rings. The highest BCUT2D eigenvalue weighted by molar-refractivity contribution is 5.93. The van der Waals surface area contributed by atoms with Crippen LogP contribution in [0.1, 0.15) is 44.7 Å². The van der Waals surface area contributed by atoms with Gasteiger partial charge in [0.25, 0.3) is 0 Å². The number of benzene rings is 2. The molecule has 1 aromatic heterocycles. The molecule has 0 saturated carbocycles. The van der Waals surface area contributed by atoms with Crippen LogP contribution < -0.4 is 5.73 Å². The van der Waals surface area contributed by atoms with Crippen molar-refractivity contribution in [3.05, 3.63) is 78.1 Å². The van der Waals surface area contributed by atoms with E-state index in [9.17, 15) is 14.4 Å². The van der Waals surface area contributed by atoms with Crippen LogP contribution in [0.25, 0.3) is 10.8 Å². The first-order valence-corrected chi connectivity index (χ1v) is 13.0. The molecule has 2 heterocycles. The highest BCUT2D eigenvalue weighted by Crippen LogP contribution is 2.26. The fourth-order valence-electron chi connectivity index (χ4n) is 5.30. The molecule has 0 spiro atoms. The molecule has 0 radical (unpaired) electrons. The third-order valence-electron chi connectivity index (χ3n) is 7.20. The van der Waals surface area contributed by atoms with Crippen molar-refractivity contribution in [2.24, 2.45) is 11.7 Å². The number of aromatic nitrogens is 1. The van der Waals surface area contributed by atoms with E-state index in [4.69, 9.17) is 5.73 Å². The second kappa shape index (κ2) is 11.5. The van der Waals surface area contributed by atoms with Gasteiger partial charge in [-0.05, 0) is 59.7 Å². The molecule has 3 atom stereocenters. The smallest absolute Gasteiger partial charge is 0.246 e. The van der Waals surface area contributed by atoms with Gasteiger partial charge in [-0.3, -0.25) is 19.4 Å². The van der Waals surface area contributed by atoms with E-state index in [1.165, 1.54) is 0 Å². The minimum atomic E-state index is -0.786. The number of primary amides is 1. The molecule has 3 aromatic rings. The summed E-state index contributed by atoms with van der Waals surface area (Å²) < 4.78 is 0. The van der Waals surface area contributed by atoms with E-state index >= 15 is 0 Å². The Balaban J connectivity index is 1.63. The van der Waals surface area contributed by atoms with Crippen molar-refractivity contribution in [3.8, 4) is 0 Å². The Hall–Kier alpha value is -3.74. The lowest BCUT2D eigenvalue weighted by molar-refractivity contribution is -0.148. The molecule has 37 heavy (non-hydrogen) atoms. The van der Waals surface area contributed by atoms with Gasteiger partial charge in [-0.25, -0.2) is 0 Å². The summed E-state index contributed by atoms with van der Waals surface area (Å²) in [6, 6.07) is 16.1. The average molecular weight is 501 g/mol. The fourth-order valence-corrected chi connectivity index (χ4v) is 5.30. The second-order valence-corrected chi connectivity index (χ2v) is 10.5. The van der Waals surface area contributed by atoms with Gasteiger partial charge in [-0.15, -0.1) is 0 Å². The summed E-state index contributed by atoms with van der Waals surface area (Å²) >= 11 is 0. The van der Waals surface area contributed by atoms with E-state index in [0.717, 1.165) is 21.9 Å². The Morgan fingerprint density at radius 3 is 2.41 bits per heavy atom. The maximum Gasteiger partial charge on any atom is 0.246 e. The first-order chi connectivity index (χ1) is 17.7. The molecule has 2 N–H and O–H groups in total. The largest absolute Gasteiger partial charge is 0.368 e. The van der Waals surface area contributed by atoms with E-state index < -0.39 is 18.0 Å². The highest BCUT2D eigenvalue weighted by atomic mass is 16.2. The van der Waals surface area contributed by atoms with Crippen LogP contribution in [0, 0.1) is 5.92 Å². The first kappa shape index (κ1) is 26.3. The number of carbonyl (C=O) groups excluding carboxylic acids is 3. The van der Waals surface area contributed by atoms with Crippen LogP contribution in [0.3, 0.4) is 0 Å². The van der Waals surface area contributed by atoms with Gasteiger partial charge in [0.05, 0.1) is 6.42 Å². The van der Waals surface area contributed by atoms with Crippen LogP contribution in [0.2, 0.25) is 0 Å². The van der Waals surface area contributed by atoms with Gasteiger partial charge >= 0.3 is 0 Å². The molecule has 0 aliphatic carbocycles. The van der Waals surface area contributed by atoms with Crippen molar-refractivity contribution in [2.75, 3.05) is 6.54 Å². The number of hydrogen-bond acceptors (Lipinski definition) is 4. The zero-order valence-corrected chi connectivity index (χ0v) is 21.8. The standard InChI is InChI=1S/C30H36N4O3/c1-20(2)16-27-30(37)33(15-12-21(3)34(27)28(35)19-22-10-13-32-14-11-22)26(29(31)36)18-23-8-9-24-6-4-5-7-25(24)17-23/h4-11,13-14,17,20-21,26-27H,12,15-16,18-19H2,1-3H3,(H2,31,36)/t21-,26+,27+/m1/s1. The predicted molar refractivity (Wildman–Crippen MR) is 144 cm³/mol. The number of rotatable bonds is 8. The molecule has 194 valence electrons. The first-order valence-electron chi connectivity index (χ1n) is 13.0. The number of carbonyl (C=O) groups is 3. The summed E-state index contributed by atoms with van der Waals surface area (Å²) in [4.78, 5) is 47.7. The quantitative estimate of drug-likeness (QED) is 0.510. The number of pyridine rings is 1. The van der Waals surface area contributed by atoms with Crippen LogP contribution in [0.5, 0.6) is 0 Å². The number of amides is 3. The normalized spacial score (nSPS) is 19.2. The molecule has 0 unspecified atom stereocenters. The van der Waals surface area contributed by atoms with Gasteiger partial charge in [0.1, 0.15) is 12.1 Å². The van der Waals surface area contributed by atoms with Gasteiger partial charge in [0.2, 0.25) is 17.7 Å². The third-order valence-corrected chi connectivity index (χ3v) is 7.20. The van der Waals surface area contributed by atoms with Gasteiger partial charge in [0, 0.05) is 31.4 Å². The van der Waals surface area contributed by atoms with Crippen LogP contribution in [-0.2, 0) is 27.2 Å². The predicted octanol–water partition coefficient (Wildman–Crippen LogP) is 3.74. The fraction of sp³-hybridized carbons (Fsp3) is 0.400. The third kappa shape index (κ3) is 6.16. The maximum atomic E-state index is 14.1. The summed E-state index contributed by atoms with van der Waals surface area (Å²) in [5, 5.41) is 2.19. The molecule has 4 rings (SSSR count). The molecule has 2 aromatic carbocycles. The molecular formula is C30H36N4O3. The zero-order valence-electron chi connectivity index (χ0n) is 21.8. The molecule has 1 aliphatic rings. The second-order valence-electron chi connectivity index (χ2n) is 10.5. The summed E-state index contributed by atoms with van der Waals surface area (Å²) in [6.07, 6.45) is 4.95. The van der Waals surface area contributed by atoms with Gasteiger partial charge in [-0.1, -0.05) is 56.3 Å². The molecule has 3 amide bonds. The van der Waals surface area contributed by atoms with E-state index in [0.29, 0.717) is 25.8 Å². The molecule has 7 heteroatoms. The van der Waals surface area contributed by atoms with Gasteiger partial charge < -0.3 is 15.5 Å². The maximum absolute atomic E-state index is 14.1. The number of nitrogens with two attached hydrogens (primary N) is 1. The number of nitrogens with zero attached hydrogens (tertiary/aromatic N) is 3. The van der Waals surface area contributed by atoms with Crippen LogP contribution >= 0.6 is 0 Å². The van der Waals surface area contributed by atoms with Gasteiger partial charge in [-0.2, -0.15) is 0 Å². The number of hydrogen-bond donors (Lipinski definition) is 1. The summed E-state index contributed by atoms with van der Waals surface area (Å²) in [6.45, 7) is 6.44. The Morgan fingerprint density at radius 1 is 1.03 bits per heavy atom. The molecule has 7 nitrogen and oxygen atoms in total. The van der Waals surface area contributed by atoms with Crippen molar-refractivity contribution in [3.63, 3.8) is 0 Å². The monoisotopic (exact) mass is 500 g/mol. The van der Waals surface area contributed by atoms with E-state index in [2.05, 4.69) is 4.98 Å². The average Bonchev–Trinajstić information content (AvgIpc) is 2.98. The van der Waals surface area contributed by atoms with Crippen molar-refractivity contribution in [2.45, 2.75) is 64.6 Å². The molecule has 1 saturated heterocycles. The summed E-state index contributed by atoms with van der Waals surface area (Å²) in [5.74, 6) is -0.644. The molecule has 1 aliphatic heterocycles. The minimum Gasteiger partial charge on any atom is -0.368 e.